The number of anilines is 1. The van der Waals surface area contributed by atoms with Crippen LogP contribution in [0.2, 0.25) is 5.02 Å². The summed E-state index contributed by atoms with van der Waals surface area (Å²) < 4.78 is 10.6. The van der Waals surface area contributed by atoms with Crippen molar-refractivity contribution in [1.82, 2.24) is 0 Å². The van der Waals surface area contributed by atoms with Crippen molar-refractivity contribution < 1.29 is 14.3 Å². The van der Waals surface area contributed by atoms with Gasteiger partial charge in [-0.2, -0.15) is 0 Å². The van der Waals surface area contributed by atoms with Crippen molar-refractivity contribution in [2.24, 2.45) is 0 Å². The van der Waals surface area contributed by atoms with Gasteiger partial charge in [0.05, 0.1) is 14.2 Å². The molecular formula is C18H20ClNO3. The molecule has 0 saturated carbocycles. The molecule has 23 heavy (non-hydrogen) atoms. The van der Waals surface area contributed by atoms with Crippen LogP contribution in [0.3, 0.4) is 0 Å². The van der Waals surface area contributed by atoms with Crippen molar-refractivity contribution in [3.63, 3.8) is 0 Å². The third kappa shape index (κ3) is 4.63. The van der Waals surface area contributed by atoms with Crippen LogP contribution in [0.1, 0.15) is 24.8 Å². The highest BCUT2D eigenvalue weighted by atomic mass is 35.5. The fourth-order valence-electron chi connectivity index (χ4n) is 2.36. The molecule has 0 radical (unpaired) electrons. The first kappa shape index (κ1) is 17.2. The van der Waals surface area contributed by atoms with Crippen molar-refractivity contribution in [3.05, 3.63) is 53.1 Å². The molecule has 0 aliphatic carbocycles. The smallest absolute Gasteiger partial charge is 0.224 e. The monoisotopic (exact) mass is 333 g/mol. The minimum Gasteiger partial charge on any atom is -0.497 e. The highest BCUT2D eigenvalue weighted by Gasteiger charge is 2.16. The average Bonchev–Trinajstić information content (AvgIpc) is 2.56. The van der Waals surface area contributed by atoms with Gasteiger partial charge in [0.25, 0.3) is 0 Å². The molecule has 0 fully saturated rings. The predicted molar refractivity (Wildman–Crippen MR) is 92.7 cm³/mol. The van der Waals surface area contributed by atoms with Crippen LogP contribution in [0.25, 0.3) is 0 Å². The van der Waals surface area contributed by atoms with E-state index >= 15 is 0 Å². The quantitative estimate of drug-likeness (QED) is 0.847. The maximum Gasteiger partial charge on any atom is 0.224 e. The number of ether oxygens (including phenoxy) is 2. The van der Waals surface area contributed by atoms with Crippen LogP contribution in [0.15, 0.2) is 42.5 Å². The molecule has 2 rings (SSSR count). The summed E-state index contributed by atoms with van der Waals surface area (Å²) in [6.45, 7) is 1.99. The van der Waals surface area contributed by atoms with Gasteiger partial charge < -0.3 is 14.8 Å². The lowest BCUT2D eigenvalue weighted by Crippen LogP contribution is -2.14. The standard InChI is InChI=1S/C18H20ClNO3/c1-12(16-9-8-15(22-2)11-17(16)23-3)10-18(21)20-14-6-4-13(19)5-7-14/h4-9,11-12H,10H2,1-3H3,(H,20,21). The summed E-state index contributed by atoms with van der Waals surface area (Å²) >= 11 is 5.83. The van der Waals surface area contributed by atoms with Crippen LogP contribution < -0.4 is 14.8 Å². The van der Waals surface area contributed by atoms with Crippen LogP contribution >= 0.6 is 11.6 Å². The lowest BCUT2D eigenvalue weighted by Gasteiger charge is -2.16. The maximum absolute atomic E-state index is 12.2. The molecule has 1 unspecified atom stereocenters. The second kappa shape index (κ2) is 7.88. The van der Waals surface area contributed by atoms with Crippen molar-refractivity contribution >= 4 is 23.2 Å². The first-order valence-corrected chi connectivity index (χ1v) is 7.68. The Morgan fingerprint density at radius 1 is 1.13 bits per heavy atom. The second-order valence-corrected chi connectivity index (χ2v) is 5.70. The van der Waals surface area contributed by atoms with Gasteiger partial charge in [-0.1, -0.05) is 24.6 Å². The molecule has 2 aromatic rings. The summed E-state index contributed by atoms with van der Waals surface area (Å²) in [6.07, 6.45) is 0.352. The Kier molecular flexibility index (Phi) is 5.88. The zero-order valence-corrected chi connectivity index (χ0v) is 14.2. The summed E-state index contributed by atoms with van der Waals surface area (Å²) in [5, 5.41) is 3.51. The second-order valence-electron chi connectivity index (χ2n) is 5.27. The summed E-state index contributed by atoms with van der Waals surface area (Å²) in [4.78, 5) is 12.2. The third-order valence-electron chi connectivity index (χ3n) is 3.59. The number of halogens is 1. The van der Waals surface area contributed by atoms with E-state index in [-0.39, 0.29) is 11.8 Å². The van der Waals surface area contributed by atoms with E-state index in [1.54, 1.807) is 38.5 Å². The number of nitrogens with one attached hydrogen (secondary N) is 1. The van der Waals surface area contributed by atoms with Crippen LogP contribution in [0, 0.1) is 0 Å². The van der Waals surface area contributed by atoms with Gasteiger partial charge in [0, 0.05) is 23.2 Å². The molecule has 1 N–H and O–H groups in total. The van der Waals surface area contributed by atoms with Crippen molar-refractivity contribution in [3.8, 4) is 11.5 Å². The zero-order valence-electron chi connectivity index (χ0n) is 13.4. The Hall–Kier alpha value is -2.20. The minimum absolute atomic E-state index is 0.0168. The molecule has 4 nitrogen and oxygen atoms in total. The Balaban J connectivity index is 2.04. The summed E-state index contributed by atoms with van der Waals surface area (Å²) in [6, 6.07) is 12.7. The van der Waals surface area contributed by atoms with Gasteiger partial charge in [0.15, 0.2) is 0 Å². The zero-order chi connectivity index (χ0) is 16.8. The number of carbonyl (C=O) groups excluding carboxylic acids is 1. The van der Waals surface area contributed by atoms with Crippen molar-refractivity contribution in [2.75, 3.05) is 19.5 Å². The first-order chi connectivity index (χ1) is 11.0. The number of methoxy groups -OCH3 is 2. The van der Waals surface area contributed by atoms with E-state index in [1.165, 1.54) is 0 Å². The molecular weight excluding hydrogens is 314 g/mol. The van der Waals surface area contributed by atoms with Crippen molar-refractivity contribution in [1.29, 1.82) is 0 Å². The molecule has 0 bridgehead atoms. The number of benzene rings is 2. The number of carbonyl (C=O) groups is 1. The summed E-state index contributed by atoms with van der Waals surface area (Å²) in [7, 11) is 3.22. The van der Waals surface area contributed by atoms with E-state index in [4.69, 9.17) is 21.1 Å². The maximum atomic E-state index is 12.2. The lowest BCUT2D eigenvalue weighted by atomic mass is 9.96. The number of hydrogen-bond acceptors (Lipinski definition) is 3. The van der Waals surface area contributed by atoms with Gasteiger partial charge in [-0.3, -0.25) is 4.79 Å². The van der Waals surface area contributed by atoms with Gasteiger partial charge in [-0.15, -0.1) is 0 Å². The van der Waals surface area contributed by atoms with E-state index < -0.39 is 0 Å². The van der Waals surface area contributed by atoms with Gasteiger partial charge in [-0.05, 0) is 41.8 Å². The lowest BCUT2D eigenvalue weighted by molar-refractivity contribution is -0.116. The molecule has 1 atom stereocenters. The van der Waals surface area contributed by atoms with E-state index in [0.29, 0.717) is 11.4 Å². The average molecular weight is 334 g/mol. The van der Waals surface area contributed by atoms with Gasteiger partial charge >= 0.3 is 0 Å². The van der Waals surface area contributed by atoms with Gasteiger partial charge in [0.1, 0.15) is 11.5 Å². The SMILES string of the molecule is COc1ccc(C(C)CC(=O)Nc2ccc(Cl)cc2)c(OC)c1. The molecule has 0 aliphatic heterocycles. The normalized spacial score (nSPS) is 11.7. The first-order valence-electron chi connectivity index (χ1n) is 7.31. The third-order valence-corrected chi connectivity index (χ3v) is 3.84. The highest BCUT2D eigenvalue weighted by Crippen LogP contribution is 2.32. The Bertz CT molecular complexity index is 670. The van der Waals surface area contributed by atoms with Gasteiger partial charge in [-0.25, -0.2) is 0 Å². The molecule has 2 aromatic carbocycles. The summed E-state index contributed by atoms with van der Waals surface area (Å²) in [5.74, 6) is 1.40. The fraction of sp³-hybridized carbons (Fsp3) is 0.278. The minimum atomic E-state index is -0.0577. The Morgan fingerprint density at radius 3 is 2.43 bits per heavy atom. The van der Waals surface area contributed by atoms with E-state index in [2.05, 4.69) is 5.32 Å². The van der Waals surface area contributed by atoms with Crippen molar-refractivity contribution in [2.45, 2.75) is 19.3 Å². The molecule has 5 heteroatoms. The molecule has 0 spiro atoms. The molecule has 122 valence electrons. The number of hydrogen-bond donors (Lipinski definition) is 1. The largest absolute Gasteiger partial charge is 0.497 e. The van der Waals surface area contributed by atoms with Crippen LogP contribution in [0.5, 0.6) is 11.5 Å². The van der Waals surface area contributed by atoms with E-state index in [1.807, 2.05) is 25.1 Å². The molecule has 0 aromatic heterocycles. The Morgan fingerprint density at radius 2 is 1.83 bits per heavy atom. The van der Waals surface area contributed by atoms with E-state index in [9.17, 15) is 4.79 Å². The number of rotatable bonds is 6. The van der Waals surface area contributed by atoms with Gasteiger partial charge in [0.2, 0.25) is 5.91 Å². The van der Waals surface area contributed by atoms with Crippen LogP contribution in [-0.2, 0) is 4.79 Å². The number of amides is 1. The van der Waals surface area contributed by atoms with E-state index in [0.717, 1.165) is 22.7 Å². The summed E-state index contributed by atoms with van der Waals surface area (Å²) in [5.41, 5.74) is 1.70. The predicted octanol–water partition coefficient (Wildman–Crippen LogP) is 4.49. The molecule has 0 saturated heterocycles. The molecule has 1 amide bonds. The highest BCUT2D eigenvalue weighted by molar-refractivity contribution is 6.30. The fourth-order valence-corrected chi connectivity index (χ4v) is 2.48. The van der Waals surface area contributed by atoms with Crippen LogP contribution in [0.4, 0.5) is 5.69 Å². The Labute approximate surface area is 141 Å². The molecule has 0 heterocycles. The van der Waals surface area contributed by atoms with Crippen LogP contribution in [-0.4, -0.2) is 20.1 Å². The molecule has 0 aliphatic rings. The topological polar surface area (TPSA) is 47.6 Å².